The van der Waals surface area contributed by atoms with Crippen molar-refractivity contribution in [1.29, 1.82) is 0 Å². The monoisotopic (exact) mass is 284 g/mol. The normalized spacial score (nSPS) is 9.90. The standard InChI is InChI=1S/C16H16N2OS/c1-12-7-6-8-13(11-12)15(19)17-16(20)18(2)14-9-4-3-5-10-14/h3-11H,1-2H3,(H,17,19,20). The van der Waals surface area contributed by atoms with E-state index in [-0.39, 0.29) is 5.91 Å². The van der Waals surface area contributed by atoms with E-state index >= 15 is 0 Å². The van der Waals surface area contributed by atoms with Crippen molar-refractivity contribution >= 4 is 28.9 Å². The number of anilines is 1. The maximum atomic E-state index is 12.1. The number of aryl methyl sites for hydroxylation is 1. The van der Waals surface area contributed by atoms with Gasteiger partial charge in [0, 0.05) is 18.3 Å². The molecule has 2 aromatic rings. The van der Waals surface area contributed by atoms with Gasteiger partial charge in [-0.25, -0.2) is 0 Å². The topological polar surface area (TPSA) is 32.3 Å². The molecule has 0 radical (unpaired) electrons. The Morgan fingerprint density at radius 2 is 1.80 bits per heavy atom. The molecule has 1 amide bonds. The summed E-state index contributed by atoms with van der Waals surface area (Å²) in [5.74, 6) is -0.193. The Hall–Kier alpha value is -2.20. The number of thiocarbonyl (C=S) groups is 1. The zero-order chi connectivity index (χ0) is 14.5. The van der Waals surface area contributed by atoms with Gasteiger partial charge in [-0.3, -0.25) is 10.1 Å². The van der Waals surface area contributed by atoms with Gasteiger partial charge in [0.05, 0.1) is 0 Å². The molecule has 0 unspecified atom stereocenters. The zero-order valence-electron chi connectivity index (χ0n) is 11.5. The highest BCUT2D eigenvalue weighted by Crippen LogP contribution is 2.11. The van der Waals surface area contributed by atoms with Crippen molar-refractivity contribution in [2.24, 2.45) is 0 Å². The summed E-state index contributed by atoms with van der Waals surface area (Å²) < 4.78 is 0. The molecule has 0 aliphatic rings. The summed E-state index contributed by atoms with van der Waals surface area (Å²) in [5, 5.41) is 3.12. The van der Waals surface area contributed by atoms with Crippen molar-refractivity contribution in [3.05, 3.63) is 65.7 Å². The van der Waals surface area contributed by atoms with Crippen LogP contribution in [0.3, 0.4) is 0 Å². The summed E-state index contributed by atoms with van der Waals surface area (Å²) in [6.45, 7) is 1.95. The molecule has 1 N–H and O–H groups in total. The highest BCUT2D eigenvalue weighted by atomic mass is 32.1. The molecule has 2 rings (SSSR count). The lowest BCUT2D eigenvalue weighted by Crippen LogP contribution is -2.40. The number of carbonyl (C=O) groups excluding carboxylic acids is 1. The maximum absolute atomic E-state index is 12.1. The minimum atomic E-state index is -0.193. The zero-order valence-corrected chi connectivity index (χ0v) is 12.3. The number of nitrogens with zero attached hydrogens (tertiary/aromatic N) is 1. The van der Waals surface area contributed by atoms with Crippen LogP contribution in [0.25, 0.3) is 0 Å². The van der Waals surface area contributed by atoms with Crippen molar-refractivity contribution in [3.8, 4) is 0 Å². The third kappa shape index (κ3) is 3.42. The van der Waals surface area contributed by atoms with Crippen LogP contribution < -0.4 is 10.2 Å². The number of amides is 1. The Morgan fingerprint density at radius 3 is 2.45 bits per heavy atom. The number of para-hydroxylation sites is 1. The van der Waals surface area contributed by atoms with Gasteiger partial charge in [0.1, 0.15) is 0 Å². The van der Waals surface area contributed by atoms with Crippen molar-refractivity contribution in [1.82, 2.24) is 5.32 Å². The Balaban J connectivity index is 2.06. The van der Waals surface area contributed by atoms with E-state index in [1.165, 1.54) is 0 Å². The highest BCUT2D eigenvalue weighted by molar-refractivity contribution is 7.80. The molecule has 0 aliphatic heterocycles. The molecule has 4 heteroatoms. The van der Waals surface area contributed by atoms with Crippen LogP contribution in [0.2, 0.25) is 0 Å². The summed E-state index contributed by atoms with van der Waals surface area (Å²) in [4.78, 5) is 13.9. The molecule has 3 nitrogen and oxygen atoms in total. The van der Waals surface area contributed by atoms with Crippen LogP contribution in [0.15, 0.2) is 54.6 Å². The van der Waals surface area contributed by atoms with Crippen LogP contribution in [0, 0.1) is 6.92 Å². The van der Waals surface area contributed by atoms with E-state index in [0.29, 0.717) is 10.7 Å². The smallest absolute Gasteiger partial charge is 0.257 e. The van der Waals surface area contributed by atoms with Gasteiger partial charge in [0.25, 0.3) is 5.91 Å². The van der Waals surface area contributed by atoms with Crippen LogP contribution in [-0.2, 0) is 0 Å². The summed E-state index contributed by atoms with van der Waals surface area (Å²) in [5.41, 5.74) is 2.58. The van der Waals surface area contributed by atoms with E-state index in [1.807, 2.05) is 62.5 Å². The quantitative estimate of drug-likeness (QED) is 0.860. The number of rotatable bonds is 2. The van der Waals surface area contributed by atoms with E-state index in [9.17, 15) is 4.79 Å². The second kappa shape index (κ2) is 6.30. The van der Waals surface area contributed by atoms with Gasteiger partial charge in [-0.05, 0) is 43.4 Å². The lowest BCUT2D eigenvalue weighted by Gasteiger charge is -2.20. The Bertz CT molecular complexity index is 625. The predicted octanol–water partition coefficient (Wildman–Crippen LogP) is 3.15. The van der Waals surface area contributed by atoms with Gasteiger partial charge in [0.15, 0.2) is 5.11 Å². The Labute approximate surface area is 124 Å². The summed E-state index contributed by atoms with van der Waals surface area (Å²) in [7, 11) is 1.83. The molecule has 102 valence electrons. The maximum Gasteiger partial charge on any atom is 0.257 e. The second-order valence-corrected chi connectivity index (χ2v) is 4.91. The molecule has 0 spiro atoms. The first-order valence-corrected chi connectivity index (χ1v) is 6.69. The van der Waals surface area contributed by atoms with Crippen molar-refractivity contribution in [2.45, 2.75) is 6.92 Å². The first kappa shape index (κ1) is 14.2. The molecule has 2 aromatic carbocycles. The van der Waals surface area contributed by atoms with Crippen molar-refractivity contribution in [2.75, 3.05) is 11.9 Å². The molecular weight excluding hydrogens is 268 g/mol. The molecule has 0 fully saturated rings. The molecule has 20 heavy (non-hydrogen) atoms. The van der Waals surface area contributed by atoms with Gasteiger partial charge in [0.2, 0.25) is 0 Å². The lowest BCUT2D eigenvalue weighted by molar-refractivity contribution is 0.0977. The number of hydrogen-bond donors (Lipinski definition) is 1. The lowest BCUT2D eigenvalue weighted by atomic mass is 10.1. The third-order valence-corrected chi connectivity index (χ3v) is 3.32. The van der Waals surface area contributed by atoms with Crippen LogP contribution in [-0.4, -0.2) is 18.1 Å². The minimum Gasteiger partial charge on any atom is -0.322 e. The average molecular weight is 284 g/mol. The molecule has 0 saturated carbocycles. The fraction of sp³-hybridized carbons (Fsp3) is 0.125. The summed E-state index contributed by atoms with van der Waals surface area (Å²) in [6, 6.07) is 17.1. The van der Waals surface area contributed by atoms with E-state index in [1.54, 1.807) is 11.0 Å². The first-order chi connectivity index (χ1) is 9.58. The largest absolute Gasteiger partial charge is 0.322 e. The molecule has 0 aromatic heterocycles. The number of carbonyl (C=O) groups is 1. The van der Waals surface area contributed by atoms with Gasteiger partial charge >= 0.3 is 0 Å². The molecule has 0 saturated heterocycles. The van der Waals surface area contributed by atoms with Crippen LogP contribution >= 0.6 is 12.2 Å². The number of benzene rings is 2. The number of hydrogen-bond acceptors (Lipinski definition) is 2. The molecule has 0 heterocycles. The van der Waals surface area contributed by atoms with Gasteiger partial charge in [-0.15, -0.1) is 0 Å². The van der Waals surface area contributed by atoms with E-state index in [2.05, 4.69) is 5.32 Å². The fourth-order valence-electron chi connectivity index (χ4n) is 1.81. The highest BCUT2D eigenvalue weighted by Gasteiger charge is 2.11. The molecule has 0 atom stereocenters. The Morgan fingerprint density at radius 1 is 1.10 bits per heavy atom. The molecule has 0 aliphatic carbocycles. The van der Waals surface area contributed by atoms with Gasteiger partial charge in [-0.1, -0.05) is 35.9 Å². The summed E-state index contributed by atoms with van der Waals surface area (Å²) >= 11 is 5.26. The Kier molecular flexibility index (Phi) is 4.48. The fourth-order valence-corrected chi connectivity index (χ4v) is 2.01. The minimum absolute atomic E-state index is 0.193. The third-order valence-electron chi connectivity index (χ3n) is 2.95. The van der Waals surface area contributed by atoms with E-state index in [0.717, 1.165) is 11.3 Å². The second-order valence-electron chi connectivity index (χ2n) is 4.52. The number of nitrogens with one attached hydrogen (secondary N) is 1. The van der Waals surface area contributed by atoms with Gasteiger partial charge < -0.3 is 4.90 Å². The van der Waals surface area contributed by atoms with E-state index in [4.69, 9.17) is 12.2 Å². The van der Waals surface area contributed by atoms with E-state index < -0.39 is 0 Å². The average Bonchev–Trinajstić information content (AvgIpc) is 2.47. The predicted molar refractivity (Wildman–Crippen MR) is 86.1 cm³/mol. The van der Waals surface area contributed by atoms with Crippen molar-refractivity contribution < 1.29 is 4.79 Å². The molecule has 0 bridgehead atoms. The van der Waals surface area contributed by atoms with Crippen LogP contribution in [0.1, 0.15) is 15.9 Å². The first-order valence-electron chi connectivity index (χ1n) is 6.28. The van der Waals surface area contributed by atoms with Gasteiger partial charge in [-0.2, -0.15) is 0 Å². The van der Waals surface area contributed by atoms with Crippen LogP contribution in [0.5, 0.6) is 0 Å². The SMILES string of the molecule is Cc1cccc(C(=O)NC(=S)N(C)c2ccccc2)c1. The summed E-state index contributed by atoms with van der Waals surface area (Å²) in [6.07, 6.45) is 0. The van der Waals surface area contributed by atoms with Crippen molar-refractivity contribution in [3.63, 3.8) is 0 Å². The molecular formula is C16H16N2OS. The van der Waals surface area contributed by atoms with Crippen LogP contribution in [0.4, 0.5) is 5.69 Å².